The zero-order valence-electron chi connectivity index (χ0n) is 21.2. The Hall–Kier alpha value is -0.340. The second kappa shape index (κ2) is 9.49. The van der Waals surface area contributed by atoms with Gasteiger partial charge in [0.2, 0.25) is 0 Å². The Kier molecular flexibility index (Phi) is 7.29. The molecule has 0 aliphatic heterocycles. The Morgan fingerprint density at radius 2 is 1.84 bits per heavy atom. The van der Waals surface area contributed by atoms with Crippen LogP contribution < -0.4 is 0 Å². The molecule has 0 aromatic rings. The summed E-state index contributed by atoms with van der Waals surface area (Å²) in [5.74, 6) is 5.44. The summed E-state index contributed by atoms with van der Waals surface area (Å²) in [6.45, 7) is 13.3. The lowest BCUT2D eigenvalue weighted by Crippen LogP contribution is -2.51. The van der Waals surface area contributed by atoms with Crippen molar-refractivity contribution in [2.75, 3.05) is 13.2 Å². The molecule has 1 N–H and O–H groups in total. The van der Waals surface area contributed by atoms with Crippen molar-refractivity contribution in [2.24, 2.45) is 46.3 Å². The third kappa shape index (κ3) is 4.42. The number of hydrogen-bond acceptors (Lipinski definition) is 2. The molecule has 0 aromatic carbocycles. The molecule has 8 atom stereocenters. The maximum Gasteiger partial charge on any atom is 0.0701 e. The number of aliphatic hydroxyl groups excluding tert-OH is 1. The Balaban J connectivity index is 1.45. The van der Waals surface area contributed by atoms with Crippen LogP contribution in [-0.2, 0) is 4.74 Å². The highest BCUT2D eigenvalue weighted by Gasteiger charge is 2.59. The van der Waals surface area contributed by atoms with E-state index in [9.17, 15) is 0 Å². The summed E-state index contributed by atoms with van der Waals surface area (Å²) >= 11 is 0. The van der Waals surface area contributed by atoms with Crippen LogP contribution in [-0.4, -0.2) is 24.4 Å². The van der Waals surface area contributed by atoms with Crippen LogP contribution in [0.1, 0.15) is 105 Å². The van der Waals surface area contributed by atoms with Gasteiger partial charge in [0.15, 0.2) is 0 Å². The maximum absolute atomic E-state index is 9.14. The van der Waals surface area contributed by atoms with Crippen molar-refractivity contribution < 1.29 is 9.84 Å². The number of hydrogen-bond donors (Lipinski definition) is 1. The van der Waals surface area contributed by atoms with Crippen molar-refractivity contribution in [3.05, 3.63) is 11.6 Å². The molecule has 178 valence electrons. The zero-order valence-corrected chi connectivity index (χ0v) is 21.2. The molecule has 3 fully saturated rings. The van der Waals surface area contributed by atoms with Crippen LogP contribution in [0.15, 0.2) is 11.6 Å². The van der Waals surface area contributed by atoms with E-state index in [0.29, 0.717) is 23.5 Å². The Bertz CT molecular complexity index is 639. The third-order valence-corrected chi connectivity index (χ3v) is 10.7. The molecule has 0 saturated heterocycles. The number of allylic oxidation sites excluding steroid dienone is 1. The van der Waals surface area contributed by atoms with E-state index in [-0.39, 0.29) is 6.61 Å². The lowest BCUT2D eigenvalue weighted by Gasteiger charge is -2.58. The van der Waals surface area contributed by atoms with Gasteiger partial charge in [0.1, 0.15) is 0 Å². The maximum atomic E-state index is 9.14. The van der Waals surface area contributed by atoms with Crippen LogP contribution in [0.2, 0.25) is 0 Å². The van der Waals surface area contributed by atoms with E-state index < -0.39 is 0 Å². The summed E-state index contributed by atoms with van der Waals surface area (Å²) < 4.78 is 5.94. The average Bonchev–Trinajstić information content (AvgIpc) is 3.09. The molecular formula is C29H50O2. The van der Waals surface area contributed by atoms with E-state index in [0.717, 1.165) is 41.9 Å². The van der Waals surface area contributed by atoms with Gasteiger partial charge in [-0.05, 0) is 97.7 Å². The van der Waals surface area contributed by atoms with E-state index in [1.54, 1.807) is 5.57 Å². The molecule has 0 spiro atoms. The molecule has 2 heteroatoms. The van der Waals surface area contributed by atoms with Gasteiger partial charge >= 0.3 is 0 Å². The first-order valence-corrected chi connectivity index (χ1v) is 13.7. The van der Waals surface area contributed by atoms with Crippen LogP contribution in [0.5, 0.6) is 0 Å². The van der Waals surface area contributed by atoms with Gasteiger partial charge in [0.05, 0.1) is 19.3 Å². The van der Waals surface area contributed by atoms with Crippen molar-refractivity contribution >= 4 is 0 Å². The predicted octanol–water partition coefficient (Wildman–Crippen LogP) is 7.41. The van der Waals surface area contributed by atoms with Gasteiger partial charge in [-0.25, -0.2) is 0 Å². The quantitative estimate of drug-likeness (QED) is 0.406. The summed E-state index contributed by atoms with van der Waals surface area (Å²) in [5.41, 5.74) is 2.69. The fourth-order valence-electron chi connectivity index (χ4n) is 9.01. The monoisotopic (exact) mass is 430 g/mol. The molecule has 0 radical (unpaired) electrons. The van der Waals surface area contributed by atoms with E-state index in [4.69, 9.17) is 9.84 Å². The van der Waals surface area contributed by atoms with Crippen molar-refractivity contribution in [2.45, 2.75) is 111 Å². The van der Waals surface area contributed by atoms with E-state index >= 15 is 0 Å². The summed E-state index contributed by atoms with van der Waals surface area (Å²) in [4.78, 5) is 0. The highest BCUT2D eigenvalue weighted by atomic mass is 16.5. The molecule has 4 rings (SSSR count). The second-order valence-corrected chi connectivity index (χ2v) is 12.7. The van der Waals surface area contributed by atoms with Crippen LogP contribution in [0.4, 0.5) is 0 Å². The molecular weight excluding hydrogens is 380 g/mol. The Labute approximate surface area is 192 Å². The first-order chi connectivity index (χ1) is 14.8. The molecule has 3 saturated carbocycles. The predicted molar refractivity (Wildman–Crippen MR) is 130 cm³/mol. The van der Waals surface area contributed by atoms with Crippen LogP contribution in [0.3, 0.4) is 0 Å². The molecule has 4 aliphatic rings. The highest BCUT2D eigenvalue weighted by molar-refractivity contribution is 5.25. The zero-order chi connectivity index (χ0) is 22.2. The minimum absolute atomic E-state index is 0.148. The number of ether oxygens (including phenoxy) is 1. The minimum atomic E-state index is 0.148. The molecule has 2 nitrogen and oxygen atoms in total. The average molecular weight is 431 g/mol. The third-order valence-electron chi connectivity index (χ3n) is 10.7. The van der Waals surface area contributed by atoms with Crippen molar-refractivity contribution in [1.29, 1.82) is 0 Å². The van der Waals surface area contributed by atoms with E-state index in [1.807, 2.05) is 0 Å². The Morgan fingerprint density at radius 1 is 1.03 bits per heavy atom. The van der Waals surface area contributed by atoms with Crippen LogP contribution in [0, 0.1) is 46.3 Å². The number of fused-ring (bicyclic) bond motifs is 5. The highest BCUT2D eigenvalue weighted by Crippen LogP contribution is 2.67. The Morgan fingerprint density at radius 3 is 2.58 bits per heavy atom. The summed E-state index contributed by atoms with van der Waals surface area (Å²) in [5, 5.41) is 9.14. The molecule has 4 aliphatic carbocycles. The molecule has 31 heavy (non-hydrogen) atoms. The first-order valence-electron chi connectivity index (χ1n) is 13.7. The number of aliphatic hydroxyl groups is 1. The fourth-order valence-corrected chi connectivity index (χ4v) is 9.01. The lowest BCUT2D eigenvalue weighted by atomic mass is 9.47. The topological polar surface area (TPSA) is 29.5 Å². The SMILES string of the molecule is CC(C)CCC[C@@H](C)C1CC[C@H]2C3CC=C4C[C@@H](OCCO)CCC4(C)C3CCC12C. The second-order valence-electron chi connectivity index (χ2n) is 12.7. The normalized spacial score (nSPS) is 43.2. The summed E-state index contributed by atoms with van der Waals surface area (Å²) in [6.07, 6.45) is 18.0. The molecule has 0 heterocycles. The molecule has 5 unspecified atom stereocenters. The van der Waals surface area contributed by atoms with Crippen LogP contribution >= 0.6 is 0 Å². The molecule has 0 bridgehead atoms. The van der Waals surface area contributed by atoms with Gasteiger partial charge in [-0.2, -0.15) is 0 Å². The van der Waals surface area contributed by atoms with E-state index in [2.05, 4.69) is 40.7 Å². The number of rotatable bonds is 8. The van der Waals surface area contributed by atoms with Gasteiger partial charge in [0.25, 0.3) is 0 Å². The summed E-state index contributed by atoms with van der Waals surface area (Å²) in [7, 11) is 0. The van der Waals surface area contributed by atoms with Gasteiger partial charge in [-0.1, -0.05) is 65.5 Å². The first kappa shape index (κ1) is 23.8. The molecule has 0 amide bonds. The van der Waals surface area contributed by atoms with Gasteiger partial charge in [-0.3, -0.25) is 0 Å². The standard InChI is InChI=1S/C29H50O2/c1-20(2)7-6-8-21(3)25-11-12-26-24-10-9-22-19-23(31-18-17-30)13-15-28(22,4)27(24)14-16-29(25,26)5/h9,20-21,23-27,30H,6-8,10-19H2,1-5H3/t21-,23+,24?,25?,26+,27?,28?,29?/m1/s1. The van der Waals surface area contributed by atoms with Gasteiger partial charge < -0.3 is 9.84 Å². The summed E-state index contributed by atoms with van der Waals surface area (Å²) in [6, 6.07) is 0. The van der Waals surface area contributed by atoms with Crippen molar-refractivity contribution in [1.82, 2.24) is 0 Å². The van der Waals surface area contributed by atoms with Gasteiger partial charge in [-0.15, -0.1) is 0 Å². The van der Waals surface area contributed by atoms with Crippen molar-refractivity contribution in [3.63, 3.8) is 0 Å². The largest absolute Gasteiger partial charge is 0.394 e. The minimum Gasteiger partial charge on any atom is -0.394 e. The van der Waals surface area contributed by atoms with Gasteiger partial charge in [0, 0.05) is 0 Å². The lowest BCUT2D eigenvalue weighted by molar-refractivity contribution is -0.0658. The van der Waals surface area contributed by atoms with Crippen molar-refractivity contribution in [3.8, 4) is 0 Å². The van der Waals surface area contributed by atoms with E-state index in [1.165, 1.54) is 64.2 Å². The smallest absolute Gasteiger partial charge is 0.0701 e. The fraction of sp³-hybridized carbons (Fsp3) is 0.931. The van der Waals surface area contributed by atoms with Crippen LogP contribution in [0.25, 0.3) is 0 Å². The molecule has 0 aromatic heterocycles.